The van der Waals surface area contributed by atoms with Gasteiger partial charge >= 0.3 is 0 Å². The van der Waals surface area contributed by atoms with E-state index in [4.69, 9.17) is 5.84 Å². The summed E-state index contributed by atoms with van der Waals surface area (Å²) in [6, 6.07) is 7.75. The first-order valence-electron chi connectivity index (χ1n) is 6.54. The number of rotatable bonds is 4. The number of unbranched alkanes of at least 4 members (excludes halogenated alkanes) is 1. The molecular weight excluding hydrogens is 224 g/mol. The summed E-state index contributed by atoms with van der Waals surface area (Å²) in [6.07, 6.45) is 3.43. The molecule has 0 aliphatic heterocycles. The number of hydrogen-bond donors (Lipinski definition) is 1. The lowest BCUT2D eigenvalue weighted by molar-refractivity contribution is 0.0582. The Morgan fingerprint density at radius 1 is 1.22 bits per heavy atom. The molecule has 0 bridgehead atoms. The van der Waals surface area contributed by atoms with E-state index in [9.17, 15) is 4.79 Å². The van der Waals surface area contributed by atoms with Gasteiger partial charge in [-0.25, -0.2) is 5.84 Å². The minimum absolute atomic E-state index is 0.135. The van der Waals surface area contributed by atoms with Gasteiger partial charge in [0.05, 0.1) is 5.54 Å². The van der Waals surface area contributed by atoms with Gasteiger partial charge in [-0.2, -0.15) is 0 Å². The molecule has 0 fully saturated rings. The molecule has 1 aromatic carbocycles. The van der Waals surface area contributed by atoms with Crippen molar-refractivity contribution in [2.24, 2.45) is 5.84 Å². The quantitative estimate of drug-likeness (QED) is 0.505. The molecule has 0 heterocycles. The van der Waals surface area contributed by atoms with Crippen molar-refractivity contribution in [3.05, 3.63) is 35.4 Å². The maximum Gasteiger partial charge on any atom is 0.268 e. The molecule has 0 aliphatic carbocycles. The van der Waals surface area contributed by atoms with E-state index < -0.39 is 0 Å². The minimum Gasteiger partial charge on any atom is -0.271 e. The van der Waals surface area contributed by atoms with E-state index in [1.165, 1.54) is 23.4 Å². The summed E-state index contributed by atoms with van der Waals surface area (Å²) >= 11 is 0. The van der Waals surface area contributed by atoms with Gasteiger partial charge < -0.3 is 0 Å². The topological polar surface area (TPSA) is 46.3 Å². The number of amides is 1. The number of hydrogen-bond acceptors (Lipinski definition) is 2. The fourth-order valence-corrected chi connectivity index (χ4v) is 1.64. The normalized spacial score (nSPS) is 11.4. The number of benzene rings is 1. The largest absolute Gasteiger partial charge is 0.271 e. The summed E-state index contributed by atoms with van der Waals surface area (Å²) in [5, 5.41) is 1.29. The van der Waals surface area contributed by atoms with E-state index in [0.717, 1.165) is 6.42 Å². The molecule has 1 aromatic rings. The maximum absolute atomic E-state index is 12.1. The molecule has 0 spiro atoms. The third-order valence-electron chi connectivity index (χ3n) is 2.96. The minimum atomic E-state index is -0.363. The molecule has 3 nitrogen and oxygen atoms in total. The van der Waals surface area contributed by atoms with Gasteiger partial charge in [-0.3, -0.25) is 9.80 Å². The number of hydrazine groups is 1. The molecule has 0 radical (unpaired) electrons. The van der Waals surface area contributed by atoms with E-state index in [0.29, 0.717) is 5.56 Å². The van der Waals surface area contributed by atoms with Crippen LogP contribution in [0.3, 0.4) is 0 Å². The van der Waals surface area contributed by atoms with Crippen LogP contribution in [0.15, 0.2) is 24.3 Å². The lowest BCUT2D eigenvalue weighted by atomic mass is 10.0. The molecule has 0 saturated heterocycles. The van der Waals surface area contributed by atoms with Crippen molar-refractivity contribution < 1.29 is 4.79 Å². The Bertz CT molecular complexity index is 390. The van der Waals surface area contributed by atoms with Crippen LogP contribution in [0.2, 0.25) is 0 Å². The van der Waals surface area contributed by atoms with E-state index in [2.05, 4.69) is 6.92 Å². The van der Waals surface area contributed by atoms with E-state index >= 15 is 0 Å². The monoisotopic (exact) mass is 248 g/mol. The van der Waals surface area contributed by atoms with Gasteiger partial charge in [-0.05, 0) is 51.3 Å². The summed E-state index contributed by atoms with van der Waals surface area (Å²) in [6.45, 7) is 7.93. The Labute approximate surface area is 110 Å². The van der Waals surface area contributed by atoms with Crippen LogP contribution < -0.4 is 5.84 Å². The highest BCUT2D eigenvalue weighted by molar-refractivity contribution is 5.94. The van der Waals surface area contributed by atoms with Crippen molar-refractivity contribution in [1.29, 1.82) is 0 Å². The summed E-state index contributed by atoms with van der Waals surface area (Å²) in [5.74, 6) is 5.69. The number of carbonyl (C=O) groups is 1. The smallest absolute Gasteiger partial charge is 0.268 e. The first kappa shape index (κ1) is 14.7. The van der Waals surface area contributed by atoms with Gasteiger partial charge in [-0.15, -0.1) is 0 Å². The van der Waals surface area contributed by atoms with Crippen LogP contribution in [0.5, 0.6) is 0 Å². The molecule has 2 N–H and O–H groups in total. The number of nitrogens with zero attached hydrogens (tertiary/aromatic N) is 1. The van der Waals surface area contributed by atoms with Gasteiger partial charge in [0.2, 0.25) is 0 Å². The predicted octanol–water partition coefficient (Wildman–Crippen LogP) is 3.14. The molecule has 0 saturated carbocycles. The summed E-state index contributed by atoms with van der Waals surface area (Å²) in [5.41, 5.74) is 1.55. The van der Waals surface area contributed by atoms with Crippen LogP contribution in [0.25, 0.3) is 0 Å². The van der Waals surface area contributed by atoms with Crippen molar-refractivity contribution in [3.8, 4) is 0 Å². The average molecular weight is 248 g/mol. The Morgan fingerprint density at radius 2 is 1.78 bits per heavy atom. The van der Waals surface area contributed by atoms with Crippen LogP contribution in [-0.2, 0) is 6.42 Å². The second-order valence-corrected chi connectivity index (χ2v) is 5.65. The van der Waals surface area contributed by atoms with Crippen LogP contribution in [0.4, 0.5) is 0 Å². The van der Waals surface area contributed by atoms with Crippen molar-refractivity contribution in [3.63, 3.8) is 0 Å². The Balaban J connectivity index is 2.76. The van der Waals surface area contributed by atoms with Crippen molar-refractivity contribution >= 4 is 5.91 Å². The van der Waals surface area contributed by atoms with Crippen LogP contribution >= 0.6 is 0 Å². The van der Waals surface area contributed by atoms with Crippen molar-refractivity contribution in [2.45, 2.75) is 52.5 Å². The van der Waals surface area contributed by atoms with Gasteiger partial charge in [-0.1, -0.05) is 25.5 Å². The molecule has 18 heavy (non-hydrogen) atoms. The van der Waals surface area contributed by atoms with Crippen LogP contribution in [0.1, 0.15) is 56.5 Å². The second kappa shape index (κ2) is 6.01. The highest BCUT2D eigenvalue weighted by Gasteiger charge is 2.24. The maximum atomic E-state index is 12.1. The Hall–Kier alpha value is -1.35. The van der Waals surface area contributed by atoms with Gasteiger partial charge in [0, 0.05) is 5.56 Å². The molecule has 1 amide bonds. The zero-order chi connectivity index (χ0) is 13.8. The van der Waals surface area contributed by atoms with E-state index in [1.54, 1.807) is 0 Å². The molecule has 0 atom stereocenters. The average Bonchev–Trinajstić information content (AvgIpc) is 2.34. The van der Waals surface area contributed by atoms with Gasteiger partial charge in [0.25, 0.3) is 5.91 Å². The molecule has 3 heteroatoms. The second-order valence-electron chi connectivity index (χ2n) is 5.65. The third kappa shape index (κ3) is 3.84. The third-order valence-corrected chi connectivity index (χ3v) is 2.96. The number of carbonyl (C=O) groups excluding carboxylic acids is 1. The summed E-state index contributed by atoms with van der Waals surface area (Å²) in [7, 11) is 0. The Morgan fingerprint density at radius 3 is 2.22 bits per heavy atom. The number of aryl methyl sites for hydroxylation is 1. The lowest BCUT2D eigenvalue weighted by Crippen LogP contribution is -2.50. The van der Waals surface area contributed by atoms with Crippen molar-refractivity contribution in [1.82, 2.24) is 5.01 Å². The molecule has 0 aromatic heterocycles. The fourth-order valence-electron chi connectivity index (χ4n) is 1.64. The first-order valence-corrected chi connectivity index (χ1v) is 6.54. The zero-order valence-electron chi connectivity index (χ0n) is 11.9. The first-order chi connectivity index (χ1) is 8.36. The van der Waals surface area contributed by atoms with Crippen LogP contribution in [-0.4, -0.2) is 16.5 Å². The highest BCUT2D eigenvalue weighted by atomic mass is 16.2. The molecule has 0 aliphatic rings. The Kier molecular flexibility index (Phi) is 4.91. The van der Waals surface area contributed by atoms with Gasteiger partial charge in [0.15, 0.2) is 0 Å². The lowest BCUT2D eigenvalue weighted by Gasteiger charge is -2.31. The molecule has 100 valence electrons. The molecule has 1 rings (SSSR count). The van der Waals surface area contributed by atoms with Crippen molar-refractivity contribution in [2.75, 3.05) is 0 Å². The predicted molar refractivity (Wildman–Crippen MR) is 75.2 cm³/mol. The highest BCUT2D eigenvalue weighted by Crippen LogP contribution is 2.14. The summed E-state index contributed by atoms with van der Waals surface area (Å²) in [4.78, 5) is 12.1. The SMILES string of the molecule is CCCCc1ccc(C(=O)N(N)C(C)(C)C)cc1. The fraction of sp³-hybridized carbons (Fsp3) is 0.533. The molecule has 0 unspecified atom stereocenters. The van der Waals surface area contributed by atoms with Gasteiger partial charge in [0.1, 0.15) is 0 Å². The van der Waals surface area contributed by atoms with E-state index in [1.807, 2.05) is 45.0 Å². The number of nitrogens with two attached hydrogens (primary N) is 1. The standard InChI is InChI=1S/C15H24N2O/c1-5-6-7-12-8-10-13(11-9-12)14(18)17(16)15(2,3)4/h8-11H,5-7,16H2,1-4H3. The molecular formula is C15H24N2O. The summed E-state index contributed by atoms with van der Waals surface area (Å²) < 4.78 is 0. The zero-order valence-corrected chi connectivity index (χ0v) is 11.9. The van der Waals surface area contributed by atoms with E-state index in [-0.39, 0.29) is 11.4 Å². The van der Waals surface area contributed by atoms with Crippen LogP contribution in [0, 0.1) is 0 Å².